The Kier molecular flexibility index (Phi) is 6.69. The number of hydrogen-bond acceptors (Lipinski definition) is 5. The fourth-order valence-electron chi connectivity index (χ4n) is 4.19. The number of carbonyl (C=O) groups excluding carboxylic acids is 2. The Bertz CT molecular complexity index is 1370. The first-order chi connectivity index (χ1) is 17.4. The van der Waals surface area contributed by atoms with Crippen LogP contribution in [-0.2, 0) is 9.59 Å². The second-order valence-corrected chi connectivity index (χ2v) is 10.1. The number of aliphatic imine (C=N–C) groups is 1. The van der Waals surface area contributed by atoms with Gasteiger partial charge in [-0.3, -0.25) is 9.59 Å². The molecule has 2 atom stereocenters. The summed E-state index contributed by atoms with van der Waals surface area (Å²) in [6.45, 7) is 4.08. The van der Waals surface area contributed by atoms with Gasteiger partial charge in [0.05, 0.1) is 17.4 Å². The van der Waals surface area contributed by atoms with E-state index < -0.39 is 17.0 Å². The number of halogens is 1. The van der Waals surface area contributed by atoms with Gasteiger partial charge in [0.2, 0.25) is 5.91 Å². The van der Waals surface area contributed by atoms with E-state index in [0.29, 0.717) is 11.6 Å². The zero-order chi connectivity index (χ0) is 25.2. The molecule has 3 aromatic carbocycles. The Morgan fingerprint density at radius 1 is 1.03 bits per heavy atom. The minimum atomic E-state index is -0.691. The van der Waals surface area contributed by atoms with E-state index in [-0.39, 0.29) is 24.1 Å². The van der Waals surface area contributed by atoms with Crippen molar-refractivity contribution in [2.24, 2.45) is 10.1 Å². The SMILES string of the molecule is Cc1ccc(C2=NN(C3=NC(=O)C(CC(=O)Nc4ccccc4F)S3)C(c3ccc(C)cc3)C2)cc1. The van der Waals surface area contributed by atoms with Gasteiger partial charge in [0, 0.05) is 12.8 Å². The number of benzene rings is 3. The third kappa shape index (κ3) is 5.09. The average molecular weight is 501 g/mol. The molecule has 0 fully saturated rings. The van der Waals surface area contributed by atoms with Crippen LogP contribution in [0.25, 0.3) is 0 Å². The lowest BCUT2D eigenvalue weighted by Crippen LogP contribution is -2.25. The number of hydrogen-bond donors (Lipinski definition) is 1. The Morgan fingerprint density at radius 2 is 1.69 bits per heavy atom. The summed E-state index contributed by atoms with van der Waals surface area (Å²) in [5.74, 6) is -1.35. The summed E-state index contributed by atoms with van der Waals surface area (Å²) >= 11 is 1.23. The van der Waals surface area contributed by atoms with Crippen molar-refractivity contribution in [3.05, 3.63) is 101 Å². The topological polar surface area (TPSA) is 74.1 Å². The Hall–Kier alpha value is -3.78. The fourth-order valence-corrected chi connectivity index (χ4v) is 5.25. The molecule has 0 radical (unpaired) electrons. The van der Waals surface area contributed by atoms with Gasteiger partial charge in [-0.1, -0.05) is 83.6 Å². The summed E-state index contributed by atoms with van der Waals surface area (Å²) in [7, 11) is 0. The second kappa shape index (κ2) is 10.1. The zero-order valence-electron chi connectivity index (χ0n) is 19.9. The molecule has 0 aliphatic carbocycles. The molecule has 2 aliphatic rings. The lowest BCUT2D eigenvalue weighted by atomic mass is 9.97. The van der Waals surface area contributed by atoms with Crippen LogP contribution in [0.3, 0.4) is 0 Å². The van der Waals surface area contributed by atoms with Crippen LogP contribution >= 0.6 is 11.8 Å². The number of aryl methyl sites for hydroxylation is 2. The monoisotopic (exact) mass is 500 g/mol. The highest BCUT2D eigenvalue weighted by Crippen LogP contribution is 2.38. The summed E-state index contributed by atoms with van der Waals surface area (Å²) in [6, 6.07) is 22.3. The fraction of sp³-hybridized carbons (Fsp3) is 0.214. The molecule has 5 rings (SSSR count). The van der Waals surface area contributed by atoms with E-state index in [4.69, 9.17) is 5.10 Å². The predicted molar refractivity (Wildman–Crippen MR) is 142 cm³/mol. The number of nitrogens with zero attached hydrogens (tertiary/aromatic N) is 3. The van der Waals surface area contributed by atoms with Crippen molar-refractivity contribution in [1.82, 2.24) is 5.01 Å². The number of hydrazone groups is 1. The molecule has 2 amide bonds. The van der Waals surface area contributed by atoms with E-state index in [9.17, 15) is 14.0 Å². The van der Waals surface area contributed by atoms with Crippen LogP contribution < -0.4 is 5.32 Å². The summed E-state index contributed by atoms with van der Waals surface area (Å²) in [5, 5.41) is 9.00. The van der Waals surface area contributed by atoms with Gasteiger partial charge in [0.15, 0.2) is 5.17 Å². The van der Waals surface area contributed by atoms with Gasteiger partial charge < -0.3 is 5.32 Å². The Morgan fingerprint density at radius 3 is 2.39 bits per heavy atom. The van der Waals surface area contributed by atoms with Gasteiger partial charge in [-0.15, -0.1) is 0 Å². The number of amides is 2. The molecular weight excluding hydrogens is 475 g/mol. The molecule has 6 nitrogen and oxygen atoms in total. The van der Waals surface area contributed by atoms with Crippen LogP contribution in [0, 0.1) is 19.7 Å². The van der Waals surface area contributed by atoms with E-state index in [1.54, 1.807) is 17.1 Å². The molecule has 0 saturated heterocycles. The van der Waals surface area contributed by atoms with Crippen molar-refractivity contribution < 1.29 is 14.0 Å². The normalized spacial score (nSPS) is 19.3. The predicted octanol–water partition coefficient (Wildman–Crippen LogP) is 5.62. The van der Waals surface area contributed by atoms with Gasteiger partial charge in [0.1, 0.15) is 11.1 Å². The Balaban J connectivity index is 1.36. The molecule has 0 saturated carbocycles. The van der Waals surface area contributed by atoms with E-state index in [0.717, 1.165) is 22.4 Å². The average Bonchev–Trinajstić information content (AvgIpc) is 3.45. The van der Waals surface area contributed by atoms with Crippen molar-refractivity contribution in [1.29, 1.82) is 0 Å². The van der Waals surface area contributed by atoms with E-state index in [2.05, 4.69) is 58.8 Å². The number of carbonyl (C=O) groups is 2. The molecule has 0 aromatic heterocycles. The van der Waals surface area contributed by atoms with Crippen LogP contribution in [0.2, 0.25) is 0 Å². The van der Waals surface area contributed by atoms with Crippen molar-refractivity contribution in [3.63, 3.8) is 0 Å². The standard InChI is InChI=1S/C28H25FN4O2S/c1-17-7-11-19(12-8-17)23-15-24(20-13-9-18(2)10-14-20)33(32-23)28-31-27(35)25(36-28)16-26(34)30-22-6-4-3-5-21(22)29/h3-14,24-25H,15-16H2,1-2H3,(H,30,34). The first kappa shape index (κ1) is 23.9. The van der Waals surface area contributed by atoms with Crippen molar-refractivity contribution in [3.8, 4) is 0 Å². The number of thioether (sulfide) groups is 1. The van der Waals surface area contributed by atoms with Gasteiger partial charge in [-0.25, -0.2) is 9.40 Å². The van der Waals surface area contributed by atoms with E-state index in [1.165, 1.54) is 29.5 Å². The number of amidine groups is 1. The molecule has 8 heteroatoms. The molecule has 0 bridgehead atoms. The highest BCUT2D eigenvalue weighted by Gasteiger charge is 2.39. The smallest absolute Gasteiger partial charge is 0.262 e. The first-order valence-corrected chi connectivity index (χ1v) is 12.6. The second-order valence-electron chi connectivity index (χ2n) is 8.96. The van der Waals surface area contributed by atoms with Crippen LogP contribution in [-0.4, -0.2) is 33.0 Å². The van der Waals surface area contributed by atoms with Gasteiger partial charge in [-0.2, -0.15) is 10.1 Å². The molecule has 2 unspecified atom stereocenters. The summed E-state index contributed by atoms with van der Waals surface area (Å²) in [4.78, 5) is 29.5. The maximum Gasteiger partial charge on any atom is 0.262 e. The Labute approximate surface area is 213 Å². The third-order valence-corrected chi connectivity index (χ3v) is 7.34. The summed E-state index contributed by atoms with van der Waals surface area (Å²) in [5.41, 5.74) is 5.43. The highest BCUT2D eigenvalue weighted by atomic mass is 32.2. The zero-order valence-corrected chi connectivity index (χ0v) is 20.8. The molecular formula is C28H25FN4O2S. The van der Waals surface area contributed by atoms with Crippen molar-refractivity contribution in [2.75, 3.05) is 5.32 Å². The number of rotatable bonds is 5. The van der Waals surface area contributed by atoms with E-state index >= 15 is 0 Å². The first-order valence-electron chi connectivity index (χ1n) is 11.7. The third-order valence-electron chi connectivity index (χ3n) is 6.20. The molecule has 1 N–H and O–H groups in total. The van der Waals surface area contributed by atoms with Crippen LogP contribution in [0.4, 0.5) is 10.1 Å². The van der Waals surface area contributed by atoms with Gasteiger partial charge in [-0.05, 0) is 37.1 Å². The van der Waals surface area contributed by atoms with Crippen LogP contribution in [0.1, 0.15) is 41.1 Å². The minimum absolute atomic E-state index is 0.0883. The lowest BCUT2D eigenvalue weighted by molar-refractivity contribution is -0.121. The number of para-hydroxylation sites is 1. The van der Waals surface area contributed by atoms with Crippen molar-refractivity contribution >= 4 is 40.1 Å². The minimum Gasteiger partial charge on any atom is -0.324 e. The maximum atomic E-state index is 13.9. The molecule has 36 heavy (non-hydrogen) atoms. The molecule has 182 valence electrons. The summed E-state index contributed by atoms with van der Waals surface area (Å²) in [6.07, 6.45) is 0.556. The van der Waals surface area contributed by atoms with Gasteiger partial charge in [0.25, 0.3) is 5.91 Å². The molecule has 0 spiro atoms. The number of nitrogens with one attached hydrogen (secondary N) is 1. The lowest BCUT2D eigenvalue weighted by Gasteiger charge is -2.23. The molecule has 2 aliphatic heterocycles. The van der Waals surface area contributed by atoms with Crippen LogP contribution in [0.5, 0.6) is 0 Å². The molecule has 3 aromatic rings. The quantitative estimate of drug-likeness (QED) is 0.493. The van der Waals surface area contributed by atoms with Crippen molar-refractivity contribution in [2.45, 2.75) is 38.0 Å². The molecule has 2 heterocycles. The van der Waals surface area contributed by atoms with Crippen LogP contribution in [0.15, 0.2) is 82.9 Å². The summed E-state index contributed by atoms with van der Waals surface area (Å²) < 4.78 is 13.9. The number of anilines is 1. The van der Waals surface area contributed by atoms with E-state index in [1.807, 2.05) is 13.8 Å². The highest BCUT2D eigenvalue weighted by molar-refractivity contribution is 8.15. The maximum absolute atomic E-state index is 13.9. The largest absolute Gasteiger partial charge is 0.324 e. The van der Waals surface area contributed by atoms with Gasteiger partial charge >= 0.3 is 0 Å².